The molecule has 0 bridgehead atoms. The molecule has 1 aliphatic rings. The van der Waals surface area contributed by atoms with Gasteiger partial charge in [0.2, 0.25) is 0 Å². The lowest BCUT2D eigenvalue weighted by atomic mass is 10.0. The molecule has 2 unspecified atom stereocenters. The molecule has 0 amide bonds. The highest BCUT2D eigenvalue weighted by Crippen LogP contribution is 2.34. The van der Waals surface area contributed by atoms with Crippen LogP contribution in [0, 0.1) is 11.8 Å². The molecule has 3 rings (SSSR count). The molecule has 2 aromatic heterocycles. The van der Waals surface area contributed by atoms with Crippen LogP contribution < -0.4 is 5.32 Å². The highest BCUT2D eigenvalue weighted by Gasteiger charge is 2.33. The lowest BCUT2D eigenvalue weighted by molar-refractivity contribution is 0.0934. The van der Waals surface area contributed by atoms with Crippen LogP contribution >= 0.6 is 11.8 Å². The van der Waals surface area contributed by atoms with Gasteiger partial charge in [-0.05, 0) is 24.7 Å². The summed E-state index contributed by atoms with van der Waals surface area (Å²) in [5.74, 6) is 2.61. The molecule has 4 atom stereocenters. The summed E-state index contributed by atoms with van der Waals surface area (Å²) in [6.07, 6.45) is 2.69. The molecule has 0 radical (unpaired) electrons. The summed E-state index contributed by atoms with van der Waals surface area (Å²) in [4.78, 5) is 9.32. The quantitative estimate of drug-likeness (QED) is 0.522. The van der Waals surface area contributed by atoms with Crippen LogP contribution in [0.4, 0.5) is 5.82 Å². The van der Waals surface area contributed by atoms with Gasteiger partial charge in [-0.2, -0.15) is 0 Å². The van der Waals surface area contributed by atoms with Gasteiger partial charge in [-0.3, -0.25) is 0 Å². The number of hydrogen-bond acceptors (Lipinski definition) is 7. The van der Waals surface area contributed by atoms with Crippen LogP contribution in [0.15, 0.2) is 5.16 Å². The van der Waals surface area contributed by atoms with Crippen molar-refractivity contribution >= 4 is 28.7 Å². The lowest BCUT2D eigenvalue weighted by Gasteiger charge is -2.16. The van der Waals surface area contributed by atoms with Crippen LogP contribution in [-0.4, -0.2) is 48.0 Å². The molecule has 1 fully saturated rings. The standard InChI is InChI=1S/C17H28N6OS/c1-5-7-25-17-19-15(18-12-8-11(12)4)14-16(20-17)23(22-21-14)9-13(24)10(3)6-2/h10-13,24H,5-9H2,1-4H3,(H,18,19,20)/t10?,11?,12-,13+/m1/s1. The van der Waals surface area contributed by atoms with Gasteiger partial charge in [0.05, 0.1) is 12.6 Å². The van der Waals surface area contributed by atoms with E-state index in [-0.39, 0.29) is 5.92 Å². The monoisotopic (exact) mass is 364 g/mol. The highest BCUT2D eigenvalue weighted by atomic mass is 32.2. The summed E-state index contributed by atoms with van der Waals surface area (Å²) in [5.41, 5.74) is 1.39. The molecular formula is C17H28N6OS. The molecule has 2 N–H and O–H groups in total. The van der Waals surface area contributed by atoms with Crippen LogP contribution in [0.5, 0.6) is 0 Å². The first kappa shape index (κ1) is 18.4. The third-order valence-electron chi connectivity index (χ3n) is 4.87. The van der Waals surface area contributed by atoms with Crippen LogP contribution in [0.1, 0.15) is 47.0 Å². The molecule has 1 saturated carbocycles. The molecule has 2 heterocycles. The van der Waals surface area contributed by atoms with E-state index in [0.29, 0.717) is 29.7 Å². The molecule has 0 aliphatic heterocycles. The Bertz CT molecular complexity index is 720. The second kappa shape index (κ2) is 7.86. The van der Waals surface area contributed by atoms with Gasteiger partial charge < -0.3 is 10.4 Å². The van der Waals surface area contributed by atoms with Gasteiger partial charge in [-0.25, -0.2) is 14.6 Å². The van der Waals surface area contributed by atoms with Gasteiger partial charge in [0, 0.05) is 11.8 Å². The second-order valence-electron chi connectivity index (χ2n) is 7.06. The van der Waals surface area contributed by atoms with E-state index in [0.717, 1.165) is 36.0 Å². The predicted molar refractivity (Wildman–Crippen MR) is 101 cm³/mol. The Labute approximate surface area is 153 Å². The topological polar surface area (TPSA) is 88.8 Å². The van der Waals surface area contributed by atoms with Crippen molar-refractivity contribution in [3.8, 4) is 0 Å². The van der Waals surface area contributed by atoms with Gasteiger partial charge >= 0.3 is 0 Å². The zero-order valence-electron chi connectivity index (χ0n) is 15.4. The molecule has 25 heavy (non-hydrogen) atoms. The summed E-state index contributed by atoms with van der Waals surface area (Å²) >= 11 is 1.65. The van der Waals surface area contributed by atoms with Crippen LogP contribution in [0.3, 0.4) is 0 Å². The molecule has 0 aromatic carbocycles. The van der Waals surface area contributed by atoms with E-state index in [1.807, 2.05) is 6.92 Å². The summed E-state index contributed by atoms with van der Waals surface area (Å²) in [6.45, 7) is 8.89. The van der Waals surface area contributed by atoms with E-state index in [9.17, 15) is 5.11 Å². The van der Waals surface area contributed by atoms with E-state index in [4.69, 9.17) is 0 Å². The Morgan fingerprint density at radius 1 is 1.36 bits per heavy atom. The van der Waals surface area contributed by atoms with Crippen LogP contribution in [-0.2, 0) is 6.54 Å². The Hall–Kier alpha value is -1.41. The molecular weight excluding hydrogens is 336 g/mol. The maximum absolute atomic E-state index is 10.4. The first-order valence-corrected chi connectivity index (χ1v) is 10.2. The number of hydrogen-bond donors (Lipinski definition) is 2. The Kier molecular flexibility index (Phi) is 5.78. The minimum atomic E-state index is -0.462. The minimum absolute atomic E-state index is 0.208. The summed E-state index contributed by atoms with van der Waals surface area (Å²) in [6, 6.07) is 0.456. The Morgan fingerprint density at radius 2 is 2.12 bits per heavy atom. The summed E-state index contributed by atoms with van der Waals surface area (Å²) in [7, 11) is 0. The van der Waals surface area contributed by atoms with Crippen molar-refractivity contribution in [2.24, 2.45) is 11.8 Å². The van der Waals surface area contributed by atoms with Crippen molar-refractivity contribution in [1.29, 1.82) is 0 Å². The zero-order valence-corrected chi connectivity index (χ0v) is 16.3. The van der Waals surface area contributed by atoms with Crippen molar-refractivity contribution in [2.45, 2.75) is 70.8 Å². The number of anilines is 1. The number of thioether (sulfide) groups is 1. The molecule has 138 valence electrons. The fourth-order valence-corrected chi connectivity index (χ4v) is 3.34. The van der Waals surface area contributed by atoms with Crippen molar-refractivity contribution in [3.63, 3.8) is 0 Å². The third-order valence-corrected chi connectivity index (χ3v) is 5.92. The number of aromatic nitrogens is 5. The van der Waals surface area contributed by atoms with Gasteiger partial charge in [-0.1, -0.05) is 51.1 Å². The van der Waals surface area contributed by atoms with E-state index in [2.05, 4.69) is 46.4 Å². The highest BCUT2D eigenvalue weighted by molar-refractivity contribution is 7.99. The van der Waals surface area contributed by atoms with E-state index >= 15 is 0 Å². The number of nitrogens with zero attached hydrogens (tertiary/aromatic N) is 5. The number of fused-ring (bicyclic) bond motifs is 1. The predicted octanol–water partition coefficient (Wildman–Crippen LogP) is 2.95. The first-order chi connectivity index (χ1) is 12.0. The molecule has 1 aliphatic carbocycles. The number of rotatable bonds is 9. The largest absolute Gasteiger partial charge is 0.391 e. The first-order valence-electron chi connectivity index (χ1n) is 9.22. The SMILES string of the molecule is CCCSc1nc(N[C@@H]2CC2C)c2nnn(C[C@H](O)C(C)CC)c2n1. The smallest absolute Gasteiger partial charge is 0.191 e. The third kappa shape index (κ3) is 4.23. The molecule has 8 heteroatoms. The van der Waals surface area contributed by atoms with Crippen LogP contribution in [0.25, 0.3) is 11.2 Å². The Morgan fingerprint density at radius 3 is 2.76 bits per heavy atom. The molecule has 7 nitrogen and oxygen atoms in total. The van der Waals surface area contributed by atoms with Crippen molar-refractivity contribution in [2.75, 3.05) is 11.1 Å². The zero-order chi connectivity index (χ0) is 18.0. The van der Waals surface area contributed by atoms with E-state index in [1.54, 1.807) is 16.4 Å². The fourth-order valence-electron chi connectivity index (χ4n) is 2.65. The number of nitrogens with one attached hydrogen (secondary N) is 1. The van der Waals surface area contributed by atoms with Crippen molar-refractivity contribution in [3.05, 3.63) is 0 Å². The van der Waals surface area contributed by atoms with E-state index in [1.165, 1.54) is 0 Å². The fraction of sp³-hybridized carbons (Fsp3) is 0.765. The van der Waals surface area contributed by atoms with Crippen molar-refractivity contribution < 1.29 is 5.11 Å². The van der Waals surface area contributed by atoms with Gasteiger partial charge in [0.25, 0.3) is 0 Å². The summed E-state index contributed by atoms with van der Waals surface area (Å²) < 4.78 is 1.71. The second-order valence-corrected chi connectivity index (χ2v) is 8.13. The minimum Gasteiger partial charge on any atom is -0.391 e. The van der Waals surface area contributed by atoms with Gasteiger partial charge in [0.1, 0.15) is 0 Å². The van der Waals surface area contributed by atoms with Gasteiger partial charge in [0.15, 0.2) is 22.1 Å². The average molecular weight is 365 g/mol. The van der Waals surface area contributed by atoms with Crippen molar-refractivity contribution in [1.82, 2.24) is 25.0 Å². The number of aliphatic hydroxyl groups excluding tert-OH is 1. The van der Waals surface area contributed by atoms with Gasteiger partial charge in [-0.15, -0.1) is 5.10 Å². The van der Waals surface area contributed by atoms with E-state index < -0.39 is 6.10 Å². The molecule has 2 aromatic rings. The Balaban J connectivity index is 1.91. The maximum atomic E-state index is 10.4. The normalized spacial score (nSPS) is 22.1. The lowest BCUT2D eigenvalue weighted by Crippen LogP contribution is -2.24. The number of aliphatic hydroxyl groups is 1. The van der Waals surface area contributed by atoms with Crippen LogP contribution in [0.2, 0.25) is 0 Å². The molecule has 0 saturated heterocycles. The average Bonchev–Trinajstić information content (AvgIpc) is 3.14. The maximum Gasteiger partial charge on any atom is 0.191 e. The molecule has 0 spiro atoms. The summed E-state index contributed by atoms with van der Waals surface area (Å²) in [5, 5.41) is 23.1.